The Morgan fingerprint density at radius 1 is 1.73 bits per heavy atom. The van der Waals surface area contributed by atoms with Gasteiger partial charge in [0.15, 0.2) is 0 Å². The number of fused-ring (bicyclic) bond motifs is 1. The molecular weight excluding hydrogens is 138 g/mol. The average Bonchev–Trinajstić information content (AvgIpc) is 2.33. The van der Waals surface area contributed by atoms with Crippen LogP contribution >= 0.6 is 0 Å². The quantitative estimate of drug-likeness (QED) is 0.585. The van der Waals surface area contributed by atoms with Gasteiger partial charge in [-0.25, -0.2) is 4.98 Å². The van der Waals surface area contributed by atoms with E-state index >= 15 is 0 Å². The molecule has 0 aromatic carbocycles. The number of rotatable bonds is 0. The molecule has 0 fully saturated rings. The van der Waals surface area contributed by atoms with Gasteiger partial charge in [0.25, 0.3) is 0 Å². The van der Waals surface area contributed by atoms with Crippen LogP contribution in [0.5, 0.6) is 0 Å². The van der Waals surface area contributed by atoms with Gasteiger partial charge in [0.2, 0.25) is 0 Å². The maximum Gasteiger partial charge on any atom is 0.105 e. The highest BCUT2D eigenvalue weighted by molar-refractivity contribution is 5.08. The van der Waals surface area contributed by atoms with Crippen LogP contribution in [0.3, 0.4) is 0 Å². The van der Waals surface area contributed by atoms with E-state index in [1.807, 2.05) is 13.1 Å². The first-order valence-electron chi connectivity index (χ1n) is 4.04. The summed E-state index contributed by atoms with van der Waals surface area (Å²) in [5, 5.41) is 0. The van der Waals surface area contributed by atoms with Gasteiger partial charge in [0.1, 0.15) is 5.82 Å². The minimum atomic E-state index is 0.329. The number of nitrogens with two attached hydrogens (primary N) is 1. The smallest absolute Gasteiger partial charge is 0.105 e. The summed E-state index contributed by atoms with van der Waals surface area (Å²) in [5.41, 5.74) is 7.17. The first kappa shape index (κ1) is 6.85. The first-order valence-corrected chi connectivity index (χ1v) is 4.04. The van der Waals surface area contributed by atoms with Crippen LogP contribution in [0.25, 0.3) is 0 Å². The van der Waals surface area contributed by atoms with Crippen molar-refractivity contribution in [2.75, 3.05) is 0 Å². The fourth-order valence-electron chi connectivity index (χ4n) is 1.62. The van der Waals surface area contributed by atoms with Crippen molar-refractivity contribution >= 4 is 0 Å². The van der Waals surface area contributed by atoms with Crippen LogP contribution in [-0.4, -0.2) is 15.6 Å². The highest BCUT2D eigenvalue weighted by Gasteiger charge is 2.16. The molecule has 1 unspecified atom stereocenters. The minimum absolute atomic E-state index is 0.329. The molecule has 2 rings (SSSR count). The van der Waals surface area contributed by atoms with E-state index in [-0.39, 0.29) is 0 Å². The molecule has 2 N–H and O–H groups in total. The predicted octanol–water partition coefficient (Wildman–Crippen LogP) is 0.465. The zero-order valence-electron chi connectivity index (χ0n) is 6.75. The van der Waals surface area contributed by atoms with Crippen molar-refractivity contribution in [3.05, 3.63) is 17.7 Å². The number of nitrogens with zero attached hydrogens (tertiary/aromatic N) is 2. The Morgan fingerprint density at radius 2 is 2.55 bits per heavy atom. The van der Waals surface area contributed by atoms with Crippen LogP contribution in [0, 0.1) is 6.92 Å². The second-order valence-corrected chi connectivity index (χ2v) is 3.21. The van der Waals surface area contributed by atoms with Crippen molar-refractivity contribution in [2.45, 2.75) is 32.4 Å². The monoisotopic (exact) mass is 151 g/mol. The van der Waals surface area contributed by atoms with Crippen LogP contribution in [0.4, 0.5) is 0 Å². The lowest BCUT2D eigenvalue weighted by Crippen LogP contribution is -2.32. The van der Waals surface area contributed by atoms with Crippen molar-refractivity contribution in [3.63, 3.8) is 0 Å². The lowest BCUT2D eigenvalue weighted by molar-refractivity contribution is 0.453. The Balaban J connectivity index is 2.37. The van der Waals surface area contributed by atoms with E-state index in [9.17, 15) is 0 Å². The molecule has 1 aromatic rings. The topological polar surface area (TPSA) is 43.8 Å². The van der Waals surface area contributed by atoms with Gasteiger partial charge in [-0.15, -0.1) is 0 Å². The molecule has 0 saturated carbocycles. The van der Waals surface area contributed by atoms with Crippen molar-refractivity contribution in [1.29, 1.82) is 0 Å². The van der Waals surface area contributed by atoms with Gasteiger partial charge in [-0.3, -0.25) is 0 Å². The third-order valence-corrected chi connectivity index (χ3v) is 2.33. The summed E-state index contributed by atoms with van der Waals surface area (Å²) in [5.74, 6) is 1.09. The van der Waals surface area contributed by atoms with Crippen LogP contribution in [0.15, 0.2) is 6.20 Å². The molecule has 0 amide bonds. The molecule has 11 heavy (non-hydrogen) atoms. The first-order chi connectivity index (χ1) is 5.27. The Kier molecular flexibility index (Phi) is 1.46. The van der Waals surface area contributed by atoms with Gasteiger partial charge in [0, 0.05) is 24.5 Å². The molecule has 2 heterocycles. The molecule has 0 spiro atoms. The maximum absolute atomic E-state index is 5.83. The van der Waals surface area contributed by atoms with Crippen molar-refractivity contribution in [1.82, 2.24) is 9.55 Å². The van der Waals surface area contributed by atoms with E-state index in [0.717, 1.165) is 25.2 Å². The molecule has 1 atom stereocenters. The largest absolute Gasteiger partial charge is 0.331 e. The highest BCUT2D eigenvalue weighted by Crippen LogP contribution is 2.14. The summed E-state index contributed by atoms with van der Waals surface area (Å²) in [6.07, 6.45) is 4.15. The van der Waals surface area contributed by atoms with Crippen molar-refractivity contribution < 1.29 is 0 Å². The SMILES string of the molecule is Cc1ncc2n1CC(N)CC2. The van der Waals surface area contributed by atoms with E-state index in [4.69, 9.17) is 5.73 Å². The van der Waals surface area contributed by atoms with Crippen molar-refractivity contribution in [2.24, 2.45) is 5.73 Å². The van der Waals surface area contributed by atoms with Crippen LogP contribution in [0.1, 0.15) is 17.9 Å². The van der Waals surface area contributed by atoms with Crippen LogP contribution < -0.4 is 5.73 Å². The summed E-state index contributed by atoms with van der Waals surface area (Å²) in [6.45, 7) is 2.97. The molecule has 0 saturated heterocycles. The summed E-state index contributed by atoms with van der Waals surface area (Å²) in [4.78, 5) is 4.24. The maximum atomic E-state index is 5.83. The van der Waals surface area contributed by atoms with E-state index in [2.05, 4.69) is 9.55 Å². The molecule has 0 bridgehead atoms. The molecule has 1 aliphatic rings. The van der Waals surface area contributed by atoms with E-state index in [1.54, 1.807) is 0 Å². The zero-order valence-corrected chi connectivity index (χ0v) is 6.75. The number of aryl methyl sites for hydroxylation is 2. The standard InChI is InChI=1S/C8H13N3/c1-6-10-4-8-3-2-7(9)5-11(6)8/h4,7H,2-3,5,9H2,1H3. The molecule has 1 aromatic heterocycles. The summed E-state index contributed by atoms with van der Waals surface area (Å²) >= 11 is 0. The van der Waals surface area contributed by atoms with Gasteiger partial charge in [-0.1, -0.05) is 0 Å². The van der Waals surface area contributed by atoms with Gasteiger partial charge in [-0.05, 0) is 19.8 Å². The molecule has 0 aliphatic carbocycles. The van der Waals surface area contributed by atoms with Gasteiger partial charge in [0.05, 0.1) is 0 Å². The molecule has 3 nitrogen and oxygen atoms in total. The lowest BCUT2D eigenvalue weighted by Gasteiger charge is -2.21. The zero-order chi connectivity index (χ0) is 7.84. The number of aromatic nitrogens is 2. The fourth-order valence-corrected chi connectivity index (χ4v) is 1.62. The Morgan fingerprint density at radius 3 is 3.36 bits per heavy atom. The van der Waals surface area contributed by atoms with E-state index in [0.29, 0.717) is 6.04 Å². The Hall–Kier alpha value is -0.830. The molecule has 1 aliphatic heterocycles. The van der Waals surface area contributed by atoms with Crippen LogP contribution in [-0.2, 0) is 13.0 Å². The summed E-state index contributed by atoms with van der Waals surface area (Å²) < 4.78 is 2.22. The predicted molar refractivity (Wildman–Crippen MR) is 43.3 cm³/mol. The van der Waals surface area contributed by atoms with Crippen molar-refractivity contribution in [3.8, 4) is 0 Å². The third-order valence-electron chi connectivity index (χ3n) is 2.33. The lowest BCUT2D eigenvalue weighted by atomic mass is 10.1. The molecule has 60 valence electrons. The van der Waals surface area contributed by atoms with Gasteiger partial charge >= 0.3 is 0 Å². The number of imidazole rings is 1. The normalized spacial score (nSPS) is 23.3. The van der Waals surface area contributed by atoms with E-state index < -0.39 is 0 Å². The molecule has 3 heteroatoms. The summed E-state index contributed by atoms with van der Waals surface area (Å²) in [6, 6.07) is 0.329. The van der Waals surface area contributed by atoms with Gasteiger partial charge < -0.3 is 10.3 Å². The summed E-state index contributed by atoms with van der Waals surface area (Å²) in [7, 11) is 0. The Bertz CT molecular complexity index is 264. The average molecular weight is 151 g/mol. The second kappa shape index (κ2) is 2.34. The third kappa shape index (κ3) is 1.05. The number of hydrogen-bond donors (Lipinski definition) is 1. The Labute approximate surface area is 66.2 Å². The van der Waals surface area contributed by atoms with Crippen LogP contribution in [0.2, 0.25) is 0 Å². The molecule has 0 radical (unpaired) electrons. The minimum Gasteiger partial charge on any atom is -0.331 e. The molecular formula is C8H13N3. The van der Waals surface area contributed by atoms with Gasteiger partial charge in [-0.2, -0.15) is 0 Å². The highest BCUT2D eigenvalue weighted by atomic mass is 15.1. The fraction of sp³-hybridized carbons (Fsp3) is 0.625. The number of hydrogen-bond acceptors (Lipinski definition) is 2. The van der Waals surface area contributed by atoms with E-state index in [1.165, 1.54) is 5.69 Å². The second-order valence-electron chi connectivity index (χ2n) is 3.21.